The van der Waals surface area contributed by atoms with Crippen LogP contribution in [0, 0.1) is 0 Å². The number of aryl methyl sites for hydroxylation is 1. The fourth-order valence-electron chi connectivity index (χ4n) is 2.10. The number of esters is 1. The van der Waals surface area contributed by atoms with Crippen LogP contribution in [0.3, 0.4) is 0 Å². The average Bonchev–Trinajstić information content (AvgIpc) is 2.49. The molecular formula is C18H18O2. The lowest BCUT2D eigenvalue weighted by Gasteiger charge is -2.05. The van der Waals surface area contributed by atoms with E-state index in [-0.39, 0.29) is 5.97 Å². The first-order chi connectivity index (χ1) is 9.74. The molecule has 102 valence electrons. The Morgan fingerprint density at radius 3 is 2.10 bits per heavy atom. The molecule has 0 aliphatic carbocycles. The molecule has 0 aliphatic heterocycles. The van der Waals surface area contributed by atoms with E-state index in [9.17, 15) is 4.79 Å². The van der Waals surface area contributed by atoms with Gasteiger partial charge in [-0.15, -0.1) is 0 Å². The van der Waals surface area contributed by atoms with E-state index in [1.54, 1.807) is 12.1 Å². The first kappa shape index (κ1) is 14.1. The van der Waals surface area contributed by atoms with Crippen molar-refractivity contribution in [1.29, 1.82) is 0 Å². The second kappa shape index (κ2) is 6.71. The zero-order chi connectivity index (χ0) is 14.4. The molecule has 2 nitrogen and oxygen atoms in total. The van der Waals surface area contributed by atoms with E-state index < -0.39 is 0 Å². The Bertz CT molecular complexity index is 580. The lowest BCUT2D eigenvalue weighted by Crippen LogP contribution is -1.99. The van der Waals surface area contributed by atoms with E-state index in [0.717, 1.165) is 30.2 Å². The van der Waals surface area contributed by atoms with Crippen LogP contribution in [-0.4, -0.2) is 5.97 Å². The molecule has 2 aromatic rings. The fraction of sp³-hybridized carbons (Fsp3) is 0.167. The summed E-state index contributed by atoms with van der Waals surface area (Å²) in [6.45, 7) is 5.55. The molecule has 0 unspecified atom stereocenters. The first-order valence-corrected chi connectivity index (χ1v) is 6.76. The molecule has 20 heavy (non-hydrogen) atoms. The fourth-order valence-corrected chi connectivity index (χ4v) is 2.10. The van der Waals surface area contributed by atoms with Gasteiger partial charge < -0.3 is 4.74 Å². The number of carbonyl (C=O) groups is 1. The van der Waals surface area contributed by atoms with Crippen molar-refractivity contribution in [2.75, 3.05) is 0 Å². The van der Waals surface area contributed by atoms with Crippen molar-refractivity contribution in [2.24, 2.45) is 0 Å². The summed E-state index contributed by atoms with van der Waals surface area (Å²) in [6, 6.07) is 15.9. The normalized spacial score (nSPS) is 10.1. The number of hydrogen-bond acceptors (Lipinski definition) is 2. The van der Waals surface area contributed by atoms with E-state index in [4.69, 9.17) is 4.74 Å². The Hall–Kier alpha value is -2.35. The van der Waals surface area contributed by atoms with Crippen LogP contribution in [0.2, 0.25) is 0 Å². The Morgan fingerprint density at radius 2 is 1.60 bits per heavy atom. The topological polar surface area (TPSA) is 26.3 Å². The highest BCUT2D eigenvalue weighted by Crippen LogP contribution is 2.21. The molecule has 0 saturated heterocycles. The van der Waals surface area contributed by atoms with E-state index >= 15 is 0 Å². The van der Waals surface area contributed by atoms with Gasteiger partial charge in [-0.05, 0) is 35.2 Å². The smallest absolute Gasteiger partial charge is 0.342 e. The molecule has 0 amide bonds. The lowest BCUT2D eigenvalue weighted by molar-refractivity contribution is 0.0664. The summed E-state index contributed by atoms with van der Waals surface area (Å²) < 4.78 is 4.74. The number of hydrogen-bond donors (Lipinski definition) is 0. The van der Waals surface area contributed by atoms with Gasteiger partial charge in [-0.25, -0.2) is 4.79 Å². The van der Waals surface area contributed by atoms with Crippen LogP contribution in [-0.2, 0) is 11.2 Å². The largest absolute Gasteiger partial charge is 0.432 e. The average molecular weight is 266 g/mol. The quantitative estimate of drug-likeness (QED) is 0.583. The van der Waals surface area contributed by atoms with Gasteiger partial charge in [-0.3, -0.25) is 0 Å². The summed E-state index contributed by atoms with van der Waals surface area (Å²) in [5, 5.41) is 0. The van der Waals surface area contributed by atoms with Gasteiger partial charge in [0.1, 0.15) is 0 Å². The van der Waals surface area contributed by atoms with Gasteiger partial charge in [-0.1, -0.05) is 56.3 Å². The summed E-state index contributed by atoms with van der Waals surface area (Å²) in [7, 11) is 0. The van der Waals surface area contributed by atoms with Crippen molar-refractivity contribution in [1.82, 2.24) is 0 Å². The molecule has 2 aromatic carbocycles. The zero-order valence-corrected chi connectivity index (χ0v) is 11.6. The third kappa shape index (κ3) is 3.35. The van der Waals surface area contributed by atoms with Crippen LogP contribution in [0.4, 0.5) is 0 Å². The number of ether oxygens (including phenoxy) is 1. The number of carbonyl (C=O) groups excluding carboxylic acids is 1. The van der Waals surface area contributed by atoms with Crippen LogP contribution in [0.15, 0.2) is 61.4 Å². The number of rotatable bonds is 5. The molecule has 0 heterocycles. The van der Waals surface area contributed by atoms with Gasteiger partial charge in [0.05, 0.1) is 11.8 Å². The molecule has 0 N–H and O–H groups in total. The van der Waals surface area contributed by atoms with Crippen LogP contribution in [0.5, 0.6) is 0 Å². The molecule has 0 saturated carbocycles. The standard InChI is InChI=1S/C18H18O2/c1-3-5-14-6-8-15(9-7-14)16-10-12-17(13-11-16)18(19)20-4-2/h4,6-13H,2-3,5H2,1H3. The maximum absolute atomic E-state index is 11.5. The summed E-state index contributed by atoms with van der Waals surface area (Å²) in [4.78, 5) is 11.5. The second-order valence-electron chi connectivity index (χ2n) is 4.60. The highest BCUT2D eigenvalue weighted by Gasteiger charge is 2.05. The predicted molar refractivity (Wildman–Crippen MR) is 81.5 cm³/mol. The molecule has 2 heteroatoms. The third-order valence-corrected chi connectivity index (χ3v) is 3.14. The zero-order valence-electron chi connectivity index (χ0n) is 11.6. The van der Waals surface area contributed by atoms with Crippen molar-refractivity contribution >= 4 is 5.97 Å². The first-order valence-electron chi connectivity index (χ1n) is 6.76. The van der Waals surface area contributed by atoms with Crippen molar-refractivity contribution < 1.29 is 9.53 Å². The third-order valence-electron chi connectivity index (χ3n) is 3.14. The lowest BCUT2D eigenvalue weighted by atomic mass is 10.0. The minimum atomic E-state index is -0.384. The van der Waals surface area contributed by atoms with Crippen molar-refractivity contribution in [2.45, 2.75) is 19.8 Å². The molecule has 0 aromatic heterocycles. The maximum Gasteiger partial charge on any atom is 0.342 e. The molecule has 0 fully saturated rings. The summed E-state index contributed by atoms with van der Waals surface area (Å²) >= 11 is 0. The van der Waals surface area contributed by atoms with E-state index in [1.807, 2.05) is 12.1 Å². The van der Waals surface area contributed by atoms with Crippen molar-refractivity contribution in [3.63, 3.8) is 0 Å². The number of benzene rings is 2. The van der Waals surface area contributed by atoms with E-state index in [0.29, 0.717) is 5.56 Å². The van der Waals surface area contributed by atoms with Gasteiger partial charge >= 0.3 is 5.97 Å². The highest BCUT2D eigenvalue weighted by molar-refractivity contribution is 5.90. The molecule has 2 rings (SSSR count). The van der Waals surface area contributed by atoms with Gasteiger partial charge in [-0.2, -0.15) is 0 Å². The van der Waals surface area contributed by atoms with Gasteiger partial charge in [0.2, 0.25) is 0 Å². The van der Waals surface area contributed by atoms with Gasteiger partial charge in [0.15, 0.2) is 0 Å². The van der Waals surface area contributed by atoms with Crippen molar-refractivity contribution in [3.05, 3.63) is 72.5 Å². The second-order valence-corrected chi connectivity index (χ2v) is 4.60. The summed E-state index contributed by atoms with van der Waals surface area (Å²) in [5.41, 5.74) is 4.11. The maximum atomic E-state index is 11.5. The molecule has 0 aliphatic rings. The molecule has 0 atom stereocenters. The molecule has 0 spiro atoms. The van der Waals surface area contributed by atoms with Crippen LogP contribution >= 0.6 is 0 Å². The molecular weight excluding hydrogens is 248 g/mol. The minimum Gasteiger partial charge on any atom is -0.432 e. The SMILES string of the molecule is C=COC(=O)c1ccc(-c2ccc(CCC)cc2)cc1. The minimum absolute atomic E-state index is 0.384. The molecule has 0 bridgehead atoms. The van der Waals surface area contributed by atoms with Crippen molar-refractivity contribution in [3.8, 4) is 11.1 Å². The van der Waals surface area contributed by atoms with Crippen LogP contribution in [0.25, 0.3) is 11.1 Å². The van der Waals surface area contributed by atoms with Gasteiger partial charge in [0, 0.05) is 0 Å². The Morgan fingerprint density at radius 1 is 1.05 bits per heavy atom. The molecule has 0 radical (unpaired) electrons. The Kier molecular flexibility index (Phi) is 4.72. The summed E-state index contributed by atoms with van der Waals surface area (Å²) in [6.07, 6.45) is 3.40. The van der Waals surface area contributed by atoms with Crippen LogP contribution < -0.4 is 0 Å². The van der Waals surface area contributed by atoms with Gasteiger partial charge in [0.25, 0.3) is 0 Å². The Balaban J connectivity index is 2.17. The highest BCUT2D eigenvalue weighted by atomic mass is 16.5. The summed E-state index contributed by atoms with van der Waals surface area (Å²) in [5.74, 6) is -0.384. The monoisotopic (exact) mass is 266 g/mol. The van der Waals surface area contributed by atoms with E-state index in [2.05, 4.69) is 37.8 Å². The van der Waals surface area contributed by atoms with E-state index in [1.165, 1.54) is 5.56 Å². The predicted octanol–water partition coefficient (Wildman–Crippen LogP) is 4.61. The van der Waals surface area contributed by atoms with Crippen LogP contribution in [0.1, 0.15) is 29.3 Å². The Labute approximate surface area is 119 Å².